The van der Waals surface area contributed by atoms with Gasteiger partial charge in [0.05, 0.1) is 10.6 Å². The number of hydrogen-bond acceptors (Lipinski definition) is 3. The number of unbranched alkanes of at least 4 members (excludes halogenated alkanes) is 1. The molecule has 0 aliphatic heterocycles. The van der Waals surface area contributed by atoms with E-state index >= 15 is 0 Å². The van der Waals surface area contributed by atoms with Crippen LogP contribution in [0.2, 0.25) is 0 Å². The van der Waals surface area contributed by atoms with Crippen LogP contribution in [0.3, 0.4) is 0 Å². The van der Waals surface area contributed by atoms with Crippen molar-refractivity contribution in [1.82, 2.24) is 4.90 Å². The van der Waals surface area contributed by atoms with E-state index < -0.39 is 10.0 Å². The molecule has 0 atom stereocenters. The first kappa shape index (κ1) is 20.0. The van der Waals surface area contributed by atoms with Crippen LogP contribution in [0.4, 0.5) is 5.69 Å². The van der Waals surface area contributed by atoms with Crippen LogP contribution in [0.15, 0.2) is 53.4 Å². The molecule has 5 nitrogen and oxygen atoms in total. The maximum absolute atomic E-state index is 12.7. The molecule has 0 aliphatic rings. The molecule has 0 spiro atoms. The number of nitrogens with zero attached hydrogens (tertiary/aromatic N) is 2. The number of amides is 1. The Morgan fingerprint density at radius 1 is 0.962 bits per heavy atom. The second-order valence-electron chi connectivity index (χ2n) is 6.41. The number of carbonyl (C=O) groups is 1. The molecule has 1 amide bonds. The van der Waals surface area contributed by atoms with Crippen LogP contribution in [0.5, 0.6) is 0 Å². The molecule has 0 unspecified atom stereocenters. The molecule has 0 saturated heterocycles. The van der Waals surface area contributed by atoms with Gasteiger partial charge in [-0.05, 0) is 49.7 Å². The van der Waals surface area contributed by atoms with Gasteiger partial charge in [-0.2, -0.15) is 0 Å². The Balaban J connectivity index is 2.19. The Bertz CT molecular complexity index is 844. The SMILES string of the molecule is CCCCN(C)C(=O)c1ccc(N(C)S(=O)(=O)c2ccc(C)cc2)cc1. The molecular formula is C20H26N2O3S. The Hall–Kier alpha value is -2.34. The van der Waals surface area contributed by atoms with E-state index in [1.807, 2.05) is 6.92 Å². The van der Waals surface area contributed by atoms with Crippen LogP contribution in [0, 0.1) is 6.92 Å². The molecule has 0 bridgehead atoms. The summed E-state index contributed by atoms with van der Waals surface area (Å²) in [7, 11) is -0.341. The van der Waals surface area contributed by atoms with Crippen molar-refractivity contribution in [2.45, 2.75) is 31.6 Å². The molecular weight excluding hydrogens is 348 g/mol. The predicted molar refractivity (Wildman–Crippen MR) is 105 cm³/mol. The van der Waals surface area contributed by atoms with Gasteiger partial charge in [0.15, 0.2) is 0 Å². The summed E-state index contributed by atoms with van der Waals surface area (Å²) in [6, 6.07) is 13.4. The Kier molecular flexibility index (Phi) is 6.42. The van der Waals surface area contributed by atoms with Gasteiger partial charge in [-0.3, -0.25) is 9.10 Å². The summed E-state index contributed by atoms with van der Waals surface area (Å²) in [5.74, 6) is -0.0611. The van der Waals surface area contributed by atoms with Gasteiger partial charge in [0.1, 0.15) is 0 Å². The van der Waals surface area contributed by atoms with Crippen LogP contribution >= 0.6 is 0 Å². The summed E-state index contributed by atoms with van der Waals surface area (Å²) in [6.45, 7) is 4.70. The molecule has 140 valence electrons. The zero-order valence-electron chi connectivity index (χ0n) is 15.8. The van der Waals surface area contributed by atoms with Gasteiger partial charge in [-0.1, -0.05) is 31.0 Å². The number of aryl methyl sites for hydroxylation is 1. The van der Waals surface area contributed by atoms with E-state index in [0.717, 1.165) is 18.4 Å². The molecule has 0 aromatic heterocycles. The van der Waals surface area contributed by atoms with Gasteiger partial charge in [0, 0.05) is 26.2 Å². The third-order valence-electron chi connectivity index (χ3n) is 4.35. The first-order valence-electron chi connectivity index (χ1n) is 8.68. The lowest BCUT2D eigenvalue weighted by atomic mass is 10.2. The highest BCUT2D eigenvalue weighted by Crippen LogP contribution is 2.23. The topological polar surface area (TPSA) is 57.7 Å². The standard InChI is InChI=1S/C20H26N2O3S/c1-5-6-15-21(3)20(23)17-9-11-18(12-10-17)22(4)26(24,25)19-13-7-16(2)8-14-19/h7-14H,5-6,15H2,1-4H3. The second-order valence-corrected chi connectivity index (χ2v) is 8.38. The number of hydrogen-bond donors (Lipinski definition) is 0. The Morgan fingerprint density at radius 3 is 2.08 bits per heavy atom. The van der Waals surface area contributed by atoms with E-state index in [0.29, 0.717) is 17.8 Å². The van der Waals surface area contributed by atoms with E-state index in [4.69, 9.17) is 0 Å². The maximum Gasteiger partial charge on any atom is 0.264 e. The average molecular weight is 375 g/mol. The lowest BCUT2D eigenvalue weighted by Crippen LogP contribution is -2.28. The monoisotopic (exact) mass is 374 g/mol. The third kappa shape index (κ3) is 4.43. The first-order valence-corrected chi connectivity index (χ1v) is 10.1. The summed E-state index contributed by atoms with van der Waals surface area (Å²) in [5.41, 5.74) is 2.06. The first-order chi connectivity index (χ1) is 12.3. The molecule has 2 aromatic carbocycles. The molecule has 0 fully saturated rings. The largest absolute Gasteiger partial charge is 0.342 e. The van der Waals surface area contributed by atoms with Gasteiger partial charge in [0.2, 0.25) is 0 Å². The average Bonchev–Trinajstić information content (AvgIpc) is 2.65. The maximum atomic E-state index is 12.7. The zero-order valence-corrected chi connectivity index (χ0v) is 16.6. The molecule has 6 heteroatoms. The highest BCUT2D eigenvalue weighted by atomic mass is 32.2. The van der Waals surface area contributed by atoms with Gasteiger partial charge in [-0.15, -0.1) is 0 Å². The number of sulfonamides is 1. The van der Waals surface area contributed by atoms with E-state index in [1.54, 1.807) is 60.5 Å². The van der Waals surface area contributed by atoms with Crippen LogP contribution in [-0.2, 0) is 10.0 Å². The Morgan fingerprint density at radius 2 is 1.54 bits per heavy atom. The van der Waals surface area contributed by atoms with Crippen molar-refractivity contribution in [3.05, 3.63) is 59.7 Å². The normalized spacial score (nSPS) is 11.2. The molecule has 2 aromatic rings. The number of carbonyl (C=O) groups excluding carboxylic acids is 1. The summed E-state index contributed by atoms with van der Waals surface area (Å²) < 4.78 is 26.7. The zero-order chi connectivity index (χ0) is 19.3. The minimum atomic E-state index is -3.63. The van der Waals surface area contributed by atoms with Crippen LogP contribution < -0.4 is 4.31 Å². The molecule has 0 radical (unpaired) electrons. The third-order valence-corrected chi connectivity index (χ3v) is 6.15. The summed E-state index contributed by atoms with van der Waals surface area (Å²) >= 11 is 0. The van der Waals surface area contributed by atoms with E-state index in [9.17, 15) is 13.2 Å². The highest BCUT2D eigenvalue weighted by molar-refractivity contribution is 7.92. The van der Waals surface area contributed by atoms with E-state index in [-0.39, 0.29) is 10.8 Å². The van der Waals surface area contributed by atoms with Crippen LogP contribution in [0.25, 0.3) is 0 Å². The van der Waals surface area contributed by atoms with Gasteiger partial charge >= 0.3 is 0 Å². The second kappa shape index (κ2) is 8.36. The van der Waals surface area contributed by atoms with Crippen molar-refractivity contribution in [3.8, 4) is 0 Å². The van der Waals surface area contributed by atoms with Gasteiger partial charge < -0.3 is 4.90 Å². The fourth-order valence-corrected chi connectivity index (χ4v) is 3.73. The number of anilines is 1. The number of rotatable bonds is 7. The lowest BCUT2D eigenvalue weighted by molar-refractivity contribution is 0.0793. The van der Waals surface area contributed by atoms with Crippen LogP contribution in [-0.4, -0.2) is 39.9 Å². The van der Waals surface area contributed by atoms with Crippen molar-refractivity contribution in [1.29, 1.82) is 0 Å². The van der Waals surface area contributed by atoms with Crippen molar-refractivity contribution in [2.75, 3.05) is 24.9 Å². The molecule has 0 saturated carbocycles. The van der Waals surface area contributed by atoms with Gasteiger partial charge in [0.25, 0.3) is 15.9 Å². The predicted octanol–water partition coefficient (Wildman–Crippen LogP) is 3.69. The van der Waals surface area contributed by atoms with Crippen molar-refractivity contribution < 1.29 is 13.2 Å². The highest BCUT2D eigenvalue weighted by Gasteiger charge is 2.21. The van der Waals surface area contributed by atoms with Crippen molar-refractivity contribution >= 4 is 21.6 Å². The molecule has 26 heavy (non-hydrogen) atoms. The number of benzene rings is 2. The minimum Gasteiger partial charge on any atom is -0.342 e. The molecule has 0 aliphatic carbocycles. The summed E-state index contributed by atoms with van der Waals surface area (Å²) in [4.78, 5) is 14.3. The molecule has 2 rings (SSSR count). The fraction of sp³-hybridized carbons (Fsp3) is 0.350. The fourth-order valence-electron chi connectivity index (χ4n) is 2.54. The minimum absolute atomic E-state index is 0.0611. The van der Waals surface area contributed by atoms with E-state index in [1.165, 1.54) is 11.4 Å². The van der Waals surface area contributed by atoms with E-state index in [2.05, 4.69) is 6.92 Å². The van der Waals surface area contributed by atoms with Crippen molar-refractivity contribution in [2.24, 2.45) is 0 Å². The summed E-state index contributed by atoms with van der Waals surface area (Å²) in [6.07, 6.45) is 1.98. The van der Waals surface area contributed by atoms with Gasteiger partial charge in [-0.25, -0.2) is 8.42 Å². The van der Waals surface area contributed by atoms with Crippen LogP contribution in [0.1, 0.15) is 35.7 Å². The quantitative estimate of drug-likeness (QED) is 0.743. The smallest absolute Gasteiger partial charge is 0.264 e. The Labute approximate surface area is 156 Å². The molecule has 0 N–H and O–H groups in total. The van der Waals surface area contributed by atoms with Crippen molar-refractivity contribution in [3.63, 3.8) is 0 Å². The summed E-state index contributed by atoms with van der Waals surface area (Å²) in [5, 5.41) is 0. The lowest BCUT2D eigenvalue weighted by Gasteiger charge is -2.21. The molecule has 0 heterocycles.